The predicted molar refractivity (Wildman–Crippen MR) is 76.5 cm³/mol. The Kier molecular flexibility index (Phi) is 4.17. The van der Waals surface area contributed by atoms with Gasteiger partial charge >= 0.3 is 0 Å². The van der Waals surface area contributed by atoms with Crippen LogP contribution in [0.25, 0.3) is 0 Å². The minimum absolute atomic E-state index is 0.0299. The van der Waals surface area contributed by atoms with E-state index in [2.05, 4.69) is 12.2 Å². The molecule has 20 heavy (non-hydrogen) atoms. The molecule has 5 nitrogen and oxygen atoms in total. The van der Waals surface area contributed by atoms with Gasteiger partial charge in [0.15, 0.2) is 5.78 Å². The van der Waals surface area contributed by atoms with Crippen LogP contribution < -0.4 is 5.32 Å². The molecule has 1 aliphatic rings. The van der Waals surface area contributed by atoms with Gasteiger partial charge in [-0.25, -0.2) is 0 Å². The number of ketones is 1. The molecule has 106 valence electrons. The maximum atomic E-state index is 12.2. The van der Waals surface area contributed by atoms with E-state index in [1.807, 2.05) is 6.92 Å². The van der Waals surface area contributed by atoms with Crippen LogP contribution in [0, 0.1) is 10.1 Å². The Morgan fingerprint density at radius 1 is 1.45 bits per heavy atom. The summed E-state index contributed by atoms with van der Waals surface area (Å²) in [6.07, 6.45) is 1.75. The van der Waals surface area contributed by atoms with Crippen molar-refractivity contribution < 1.29 is 9.72 Å². The number of nitrogens with one attached hydrogen (secondary N) is 1. The third-order valence-corrected chi connectivity index (χ3v) is 3.61. The number of nitro benzene ring substituents is 1. The highest BCUT2D eigenvalue weighted by molar-refractivity contribution is 5.92. The fourth-order valence-corrected chi connectivity index (χ4v) is 2.65. The lowest BCUT2D eigenvalue weighted by Crippen LogP contribution is -2.34. The van der Waals surface area contributed by atoms with Crippen molar-refractivity contribution in [2.24, 2.45) is 0 Å². The van der Waals surface area contributed by atoms with Crippen LogP contribution in [0.4, 0.5) is 5.69 Å². The Hall–Kier alpha value is -2.17. The summed E-state index contributed by atoms with van der Waals surface area (Å²) in [5.74, 6) is -0.282. The highest BCUT2D eigenvalue weighted by atomic mass is 16.6. The van der Waals surface area contributed by atoms with Gasteiger partial charge in [-0.3, -0.25) is 14.9 Å². The fourth-order valence-electron chi connectivity index (χ4n) is 2.65. The first-order valence-corrected chi connectivity index (χ1v) is 6.75. The third kappa shape index (κ3) is 2.71. The minimum atomic E-state index is -0.425. The molecule has 0 bridgehead atoms. The number of nitro groups is 1. The average Bonchev–Trinajstić information content (AvgIpc) is 2.43. The Labute approximate surface area is 117 Å². The van der Waals surface area contributed by atoms with Gasteiger partial charge in [0.05, 0.1) is 17.4 Å². The second-order valence-corrected chi connectivity index (χ2v) is 5.01. The monoisotopic (exact) mass is 274 g/mol. The van der Waals surface area contributed by atoms with Crippen molar-refractivity contribution in [2.75, 3.05) is 6.54 Å². The summed E-state index contributed by atoms with van der Waals surface area (Å²) in [6, 6.07) is 6.40. The average molecular weight is 274 g/mol. The Morgan fingerprint density at radius 2 is 2.20 bits per heavy atom. The molecule has 0 fully saturated rings. The second-order valence-electron chi connectivity index (χ2n) is 5.01. The van der Waals surface area contributed by atoms with Gasteiger partial charge in [-0.2, -0.15) is 0 Å². The van der Waals surface area contributed by atoms with Crippen molar-refractivity contribution in [3.63, 3.8) is 0 Å². The summed E-state index contributed by atoms with van der Waals surface area (Å²) in [6.45, 7) is 4.30. The Bertz CT molecular complexity index is 578. The lowest BCUT2D eigenvalue weighted by molar-refractivity contribution is -0.384. The van der Waals surface area contributed by atoms with Gasteiger partial charge in [0.1, 0.15) is 0 Å². The number of hydrogen-bond donors (Lipinski definition) is 1. The molecule has 0 aliphatic carbocycles. The number of Topliss-reactive ketones (excluding diaryl/α,β-unsaturated/α-hetero) is 1. The highest BCUT2D eigenvalue weighted by Gasteiger charge is 2.30. The van der Waals surface area contributed by atoms with Crippen LogP contribution >= 0.6 is 0 Å². The fraction of sp³-hybridized carbons (Fsp3) is 0.400. The van der Waals surface area contributed by atoms with E-state index in [0.717, 1.165) is 24.1 Å². The second kappa shape index (κ2) is 5.86. The van der Waals surface area contributed by atoms with Crippen molar-refractivity contribution in [1.82, 2.24) is 5.32 Å². The number of rotatable bonds is 4. The topological polar surface area (TPSA) is 72.2 Å². The van der Waals surface area contributed by atoms with E-state index in [4.69, 9.17) is 0 Å². The molecule has 1 aliphatic heterocycles. The molecule has 1 atom stereocenters. The van der Waals surface area contributed by atoms with E-state index < -0.39 is 4.92 Å². The molecule has 1 N–H and O–H groups in total. The maximum absolute atomic E-state index is 12.2. The summed E-state index contributed by atoms with van der Waals surface area (Å²) in [7, 11) is 0. The molecule has 1 aromatic carbocycles. The molecule has 1 aromatic rings. The molecule has 0 amide bonds. The summed E-state index contributed by atoms with van der Waals surface area (Å²) < 4.78 is 0. The van der Waals surface area contributed by atoms with Crippen molar-refractivity contribution in [2.45, 2.75) is 32.6 Å². The SMILES string of the molecule is CCCC1=C(C)NCC(=O)C1c1cccc([N+](=O)[O-])c1. The molecule has 0 spiro atoms. The van der Waals surface area contributed by atoms with Gasteiger partial charge in [-0.1, -0.05) is 25.5 Å². The summed E-state index contributed by atoms with van der Waals surface area (Å²) >= 11 is 0. The maximum Gasteiger partial charge on any atom is 0.269 e. The van der Waals surface area contributed by atoms with Crippen LogP contribution in [0.2, 0.25) is 0 Å². The van der Waals surface area contributed by atoms with E-state index in [-0.39, 0.29) is 23.9 Å². The predicted octanol–water partition coefficient (Wildman–Crippen LogP) is 2.92. The van der Waals surface area contributed by atoms with Crippen molar-refractivity contribution in [1.29, 1.82) is 0 Å². The van der Waals surface area contributed by atoms with Crippen molar-refractivity contribution in [3.05, 3.63) is 51.2 Å². The summed E-state index contributed by atoms with van der Waals surface area (Å²) in [4.78, 5) is 22.7. The number of carbonyl (C=O) groups is 1. The normalized spacial score (nSPS) is 18.9. The molecule has 0 aromatic heterocycles. The number of benzene rings is 1. The molecule has 2 rings (SSSR count). The van der Waals surface area contributed by atoms with Gasteiger partial charge in [-0.15, -0.1) is 0 Å². The van der Waals surface area contributed by atoms with Crippen LogP contribution in [-0.4, -0.2) is 17.3 Å². The van der Waals surface area contributed by atoms with E-state index in [0.29, 0.717) is 5.56 Å². The number of hydrogen-bond acceptors (Lipinski definition) is 4. The van der Waals surface area contributed by atoms with Crippen molar-refractivity contribution >= 4 is 11.5 Å². The van der Waals surface area contributed by atoms with Crippen molar-refractivity contribution in [3.8, 4) is 0 Å². The zero-order valence-electron chi connectivity index (χ0n) is 11.7. The van der Waals surface area contributed by atoms with E-state index in [1.165, 1.54) is 12.1 Å². The van der Waals surface area contributed by atoms with Gasteiger partial charge in [0.2, 0.25) is 0 Å². The summed E-state index contributed by atoms with van der Waals surface area (Å²) in [5, 5.41) is 14.0. The molecular weight excluding hydrogens is 256 g/mol. The molecule has 1 unspecified atom stereocenters. The Morgan fingerprint density at radius 3 is 2.85 bits per heavy atom. The lowest BCUT2D eigenvalue weighted by atomic mass is 9.82. The zero-order chi connectivity index (χ0) is 14.7. The molecular formula is C15H18N2O3. The van der Waals surface area contributed by atoms with E-state index >= 15 is 0 Å². The van der Waals surface area contributed by atoms with Crippen LogP contribution in [-0.2, 0) is 4.79 Å². The number of nitrogens with zero attached hydrogens (tertiary/aromatic N) is 1. The quantitative estimate of drug-likeness (QED) is 0.676. The first-order chi connectivity index (χ1) is 9.54. The molecule has 5 heteroatoms. The van der Waals surface area contributed by atoms with E-state index in [1.54, 1.807) is 12.1 Å². The minimum Gasteiger partial charge on any atom is -0.381 e. The standard InChI is InChI=1S/C15H18N2O3/c1-3-5-13-10(2)16-9-14(18)15(13)11-6-4-7-12(8-11)17(19)20/h4,6-8,15-16H,3,5,9H2,1-2H3. The Balaban J connectivity index is 2.47. The first-order valence-electron chi connectivity index (χ1n) is 6.75. The number of carbonyl (C=O) groups excluding carboxylic acids is 1. The molecule has 0 radical (unpaired) electrons. The highest BCUT2D eigenvalue weighted by Crippen LogP contribution is 2.34. The number of allylic oxidation sites excluding steroid dienone is 2. The molecule has 0 saturated heterocycles. The van der Waals surface area contributed by atoms with Gasteiger partial charge in [0.25, 0.3) is 5.69 Å². The van der Waals surface area contributed by atoms with Gasteiger partial charge in [0, 0.05) is 17.8 Å². The lowest BCUT2D eigenvalue weighted by Gasteiger charge is -2.27. The van der Waals surface area contributed by atoms with E-state index in [9.17, 15) is 14.9 Å². The molecule has 0 saturated carbocycles. The number of non-ortho nitro benzene ring substituents is 1. The zero-order valence-corrected chi connectivity index (χ0v) is 11.7. The largest absolute Gasteiger partial charge is 0.381 e. The first kappa shape index (κ1) is 14.2. The third-order valence-electron chi connectivity index (χ3n) is 3.61. The van der Waals surface area contributed by atoms with Gasteiger partial charge in [-0.05, 0) is 24.5 Å². The smallest absolute Gasteiger partial charge is 0.269 e. The molecule has 1 heterocycles. The van der Waals surface area contributed by atoms with Crippen LogP contribution in [0.3, 0.4) is 0 Å². The van der Waals surface area contributed by atoms with Crippen LogP contribution in [0.15, 0.2) is 35.5 Å². The summed E-state index contributed by atoms with van der Waals surface area (Å²) in [5.41, 5.74) is 2.81. The van der Waals surface area contributed by atoms with Crippen LogP contribution in [0.5, 0.6) is 0 Å². The van der Waals surface area contributed by atoms with Gasteiger partial charge < -0.3 is 5.32 Å². The van der Waals surface area contributed by atoms with Crippen LogP contribution in [0.1, 0.15) is 38.2 Å².